The van der Waals surface area contributed by atoms with Crippen LogP contribution in [0.3, 0.4) is 0 Å². The van der Waals surface area contributed by atoms with E-state index in [0.717, 1.165) is 67.2 Å². The molecular formula is C32H28N4O2S. The number of ketones is 1. The van der Waals surface area contributed by atoms with Crippen LogP contribution in [0.25, 0.3) is 15.3 Å². The minimum absolute atomic E-state index is 0.126. The molecule has 1 N–H and O–H groups in total. The van der Waals surface area contributed by atoms with E-state index in [1.807, 2.05) is 72.3 Å². The van der Waals surface area contributed by atoms with Crippen molar-refractivity contribution in [3.63, 3.8) is 0 Å². The molecule has 2 aromatic heterocycles. The number of aryl methyl sites for hydroxylation is 1. The molecule has 0 unspecified atom stereocenters. The first-order valence-electron chi connectivity index (χ1n) is 13.2. The van der Waals surface area contributed by atoms with Crippen molar-refractivity contribution < 1.29 is 9.53 Å². The Morgan fingerprint density at radius 1 is 0.974 bits per heavy atom. The molecular weight excluding hydrogens is 504 g/mol. The van der Waals surface area contributed by atoms with Gasteiger partial charge < -0.3 is 10.1 Å². The summed E-state index contributed by atoms with van der Waals surface area (Å²) in [5.74, 6) is 2.33. The number of rotatable bonds is 4. The average Bonchev–Trinajstić information content (AvgIpc) is 3.48. The van der Waals surface area contributed by atoms with E-state index in [1.54, 1.807) is 11.3 Å². The van der Waals surface area contributed by atoms with Crippen molar-refractivity contribution >= 4 is 33.2 Å². The van der Waals surface area contributed by atoms with Crippen LogP contribution in [0, 0.1) is 12.3 Å². The number of hydrogen-bond acceptors (Lipinski definition) is 6. The van der Waals surface area contributed by atoms with E-state index in [0.29, 0.717) is 6.42 Å². The number of para-hydroxylation sites is 2. The van der Waals surface area contributed by atoms with Crippen LogP contribution in [0.1, 0.15) is 49.4 Å². The van der Waals surface area contributed by atoms with E-state index < -0.39 is 0 Å². The molecule has 1 aliphatic carbocycles. The third-order valence-electron chi connectivity index (χ3n) is 7.51. The monoisotopic (exact) mass is 532 g/mol. The van der Waals surface area contributed by atoms with Crippen molar-refractivity contribution in [3.05, 3.63) is 107 Å². The van der Waals surface area contributed by atoms with Crippen molar-refractivity contribution in [1.82, 2.24) is 14.8 Å². The molecule has 5 aromatic rings. The number of nitrogens with zero attached hydrogens (tertiary/aromatic N) is 3. The van der Waals surface area contributed by atoms with Gasteiger partial charge in [-0.1, -0.05) is 67.6 Å². The van der Waals surface area contributed by atoms with E-state index in [1.165, 1.54) is 0 Å². The lowest BCUT2D eigenvalue weighted by atomic mass is 9.69. The number of fused-ring (bicyclic) bond motifs is 2. The van der Waals surface area contributed by atoms with Crippen LogP contribution in [-0.2, 0) is 4.79 Å². The number of thiazole rings is 1. The van der Waals surface area contributed by atoms with Crippen molar-refractivity contribution in [2.24, 2.45) is 5.41 Å². The predicted octanol–water partition coefficient (Wildman–Crippen LogP) is 7.78. The highest BCUT2D eigenvalue weighted by Gasteiger charge is 2.43. The topological polar surface area (TPSA) is 69.0 Å². The van der Waals surface area contributed by atoms with E-state index in [9.17, 15) is 4.79 Å². The van der Waals surface area contributed by atoms with Crippen molar-refractivity contribution in [2.75, 3.05) is 5.32 Å². The van der Waals surface area contributed by atoms with Gasteiger partial charge in [0.1, 0.15) is 17.3 Å². The molecule has 6 nitrogen and oxygen atoms in total. The fourth-order valence-electron chi connectivity index (χ4n) is 5.88. The number of carbonyl (C=O) groups excluding carboxylic acids is 1. The van der Waals surface area contributed by atoms with Gasteiger partial charge in [-0.05, 0) is 60.7 Å². The van der Waals surface area contributed by atoms with E-state index >= 15 is 0 Å². The van der Waals surface area contributed by atoms with E-state index in [4.69, 9.17) is 14.8 Å². The van der Waals surface area contributed by atoms with Gasteiger partial charge in [0.25, 0.3) is 0 Å². The summed E-state index contributed by atoms with van der Waals surface area (Å²) in [4.78, 5) is 18.6. The highest BCUT2D eigenvalue weighted by molar-refractivity contribution is 7.20. The molecule has 0 fully saturated rings. The van der Waals surface area contributed by atoms with Gasteiger partial charge in [-0.3, -0.25) is 4.79 Å². The fourth-order valence-corrected chi connectivity index (χ4v) is 6.80. The number of Topliss-reactive ketones (excluding diaryl/α,β-unsaturated/α-hetero) is 1. The standard InChI is InChI=1S/C32H28N4O2S/c1-19-27-28(20-10-9-13-22(16-20)38-21-11-5-4-6-12-21)29-24(17-32(2,3)18-25(29)37)33-30(27)36(35-19)31-34-23-14-7-8-15-26(23)39-31/h4-16,28,33H,17-18H2,1-3H3/t28-/m0/s1. The van der Waals surface area contributed by atoms with Gasteiger partial charge in [-0.15, -0.1) is 0 Å². The minimum Gasteiger partial charge on any atom is -0.457 e. The molecule has 7 heteroatoms. The van der Waals surface area contributed by atoms with Crippen LogP contribution in [0.4, 0.5) is 5.82 Å². The van der Waals surface area contributed by atoms with Gasteiger partial charge in [0, 0.05) is 29.2 Å². The molecule has 0 bridgehead atoms. The lowest BCUT2D eigenvalue weighted by Crippen LogP contribution is -2.34. The number of anilines is 1. The summed E-state index contributed by atoms with van der Waals surface area (Å²) in [7, 11) is 0. The first kappa shape index (κ1) is 23.9. The molecule has 3 aromatic carbocycles. The van der Waals surface area contributed by atoms with E-state index in [-0.39, 0.29) is 17.1 Å². The molecule has 1 atom stereocenters. The zero-order valence-electron chi connectivity index (χ0n) is 22.1. The summed E-state index contributed by atoms with van der Waals surface area (Å²) in [6, 6.07) is 26.0. The Hall–Kier alpha value is -4.23. The van der Waals surface area contributed by atoms with Crippen LogP contribution in [0.5, 0.6) is 11.5 Å². The SMILES string of the molecule is Cc1nn(-c2nc3ccccc3s2)c2c1[C@H](c1cccc(Oc3ccccc3)c1)C1=C(CC(C)(C)CC1=O)N2. The Balaban J connectivity index is 1.40. The van der Waals surface area contributed by atoms with E-state index in [2.05, 4.69) is 37.4 Å². The molecule has 2 aliphatic rings. The second kappa shape index (κ2) is 8.92. The second-order valence-corrected chi connectivity index (χ2v) is 12.1. The fraction of sp³-hybridized carbons (Fsp3) is 0.219. The highest BCUT2D eigenvalue weighted by Crippen LogP contribution is 2.51. The molecule has 0 saturated heterocycles. The number of nitrogens with one attached hydrogen (secondary N) is 1. The lowest BCUT2D eigenvalue weighted by Gasteiger charge is -2.38. The van der Waals surface area contributed by atoms with Crippen LogP contribution in [0.15, 0.2) is 90.1 Å². The zero-order chi connectivity index (χ0) is 26.7. The normalized spacial score (nSPS) is 18.0. The molecule has 39 heavy (non-hydrogen) atoms. The van der Waals surface area contributed by atoms with Gasteiger partial charge in [0.2, 0.25) is 5.13 Å². The summed E-state index contributed by atoms with van der Waals surface area (Å²) < 4.78 is 9.22. The molecule has 194 valence electrons. The number of allylic oxidation sites excluding steroid dienone is 2. The van der Waals surface area contributed by atoms with Gasteiger partial charge in [0.05, 0.1) is 15.9 Å². The smallest absolute Gasteiger partial charge is 0.213 e. The Bertz CT molecular complexity index is 1750. The Labute approximate surface area is 231 Å². The minimum atomic E-state index is -0.248. The Morgan fingerprint density at radius 2 is 1.74 bits per heavy atom. The summed E-state index contributed by atoms with van der Waals surface area (Å²) in [5.41, 5.74) is 5.54. The summed E-state index contributed by atoms with van der Waals surface area (Å²) >= 11 is 1.61. The van der Waals surface area contributed by atoms with Gasteiger partial charge in [-0.25, -0.2) is 4.98 Å². The molecule has 0 saturated carbocycles. The Kier molecular flexibility index (Phi) is 5.45. The first-order valence-corrected chi connectivity index (χ1v) is 14.0. The molecule has 0 spiro atoms. The molecule has 3 heterocycles. The van der Waals surface area contributed by atoms with Crippen LogP contribution < -0.4 is 10.1 Å². The van der Waals surface area contributed by atoms with Crippen LogP contribution in [-0.4, -0.2) is 20.5 Å². The molecule has 7 rings (SSSR count). The third kappa shape index (κ3) is 4.14. The maximum Gasteiger partial charge on any atom is 0.213 e. The number of ether oxygens (including phenoxy) is 1. The predicted molar refractivity (Wildman–Crippen MR) is 155 cm³/mol. The first-order chi connectivity index (χ1) is 18.9. The molecule has 0 radical (unpaired) electrons. The van der Waals surface area contributed by atoms with Crippen molar-refractivity contribution in [3.8, 4) is 16.6 Å². The summed E-state index contributed by atoms with van der Waals surface area (Å²) in [6.45, 7) is 6.33. The average molecular weight is 533 g/mol. The third-order valence-corrected chi connectivity index (χ3v) is 8.52. The second-order valence-electron chi connectivity index (χ2n) is 11.1. The van der Waals surface area contributed by atoms with Crippen LogP contribution >= 0.6 is 11.3 Å². The highest BCUT2D eigenvalue weighted by atomic mass is 32.1. The number of hydrogen-bond donors (Lipinski definition) is 1. The molecule has 1 aliphatic heterocycles. The molecule has 0 amide bonds. The van der Waals surface area contributed by atoms with Gasteiger partial charge in [0.15, 0.2) is 5.78 Å². The van der Waals surface area contributed by atoms with Crippen molar-refractivity contribution in [2.45, 2.75) is 39.5 Å². The maximum atomic E-state index is 13.8. The number of aromatic nitrogens is 3. The Morgan fingerprint density at radius 3 is 2.56 bits per heavy atom. The summed E-state index contributed by atoms with van der Waals surface area (Å²) in [5, 5.41) is 9.45. The number of carbonyl (C=O) groups is 1. The zero-order valence-corrected chi connectivity index (χ0v) is 22.9. The lowest BCUT2D eigenvalue weighted by molar-refractivity contribution is -0.118. The quantitative estimate of drug-likeness (QED) is 0.256. The van der Waals surface area contributed by atoms with Crippen molar-refractivity contribution in [1.29, 1.82) is 0 Å². The largest absolute Gasteiger partial charge is 0.457 e. The number of benzene rings is 3. The summed E-state index contributed by atoms with van der Waals surface area (Å²) in [6.07, 6.45) is 1.30. The maximum absolute atomic E-state index is 13.8. The van der Waals surface area contributed by atoms with Crippen LogP contribution in [0.2, 0.25) is 0 Å². The van der Waals surface area contributed by atoms with Gasteiger partial charge >= 0.3 is 0 Å². The van der Waals surface area contributed by atoms with Gasteiger partial charge in [-0.2, -0.15) is 9.78 Å².